The van der Waals surface area contributed by atoms with E-state index in [0.717, 1.165) is 6.07 Å². The second-order valence-corrected chi connectivity index (χ2v) is 5.36. The first kappa shape index (κ1) is 18.5. The van der Waals surface area contributed by atoms with E-state index in [1.165, 1.54) is 11.8 Å². The fraction of sp³-hybridized carbons (Fsp3) is 0.467. The minimum Gasteiger partial charge on any atom is -0.481 e. The number of alkyl halides is 3. The van der Waals surface area contributed by atoms with Gasteiger partial charge in [0.1, 0.15) is 11.9 Å². The molecule has 2 rings (SSSR count). The predicted octanol–water partition coefficient (Wildman–Crippen LogP) is 2.06. The van der Waals surface area contributed by atoms with Crippen LogP contribution in [0, 0.1) is 17.2 Å². The molecule has 10 heteroatoms. The van der Waals surface area contributed by atoms with Gasteiger partial charge in [-0.25, -0.2) is 9.78 Å². The van der Waals surface area contributed by atoms with Gasteiger partial charge in [0.2, 0.25) is 0 Å². The van der Waals surface area contributed by atoms with Gasteiger partial charge in [-0.3, -0.25) is 4.79 Å². The number of carbonyl (C=O) groups excluding carboxylic acids is 1. The molecular formula is C15H14F3N3O4. The zero-order valence-corrected chi connectivity index (χ0v) is 13.1. The molecule has 0 radical (unpaired) electrons. The number of carbonyl (C=O) groups is 2. The van der Waals surface area contributed by atoms with Crippen molar-refractivity contribution in [1.82, 2.24) is 4.98 Å². The van der Waals surface area contributed by atoms with Crippen LogP contribution in [-0.2, 0) is 15.7 Å². The third kappa shape index (κ3) is 3.81. The molecular weight excluding hydrogens is 343 g/mol. The van der Waals surface area contributed by atoms with Crippen LogP contribution in [0.25, 0.3) is 0 Å². The van der Waals surface area contributed by atoms with Gasteiger partial charge >= 0.3 is 18.1 Å². The normalized spacial score (nSPS) is 17.2. The van der Waals surface area contributed by atoms with Crippen LogP contribution in [0.5, 0.6) is 0 Å². The quantitative estimate of drug-likeness (QED) is 0.823. The summed E-state index contributed by atoms with van der Waals surface area (Å²) in [7, 11) is 0. The Morgan fingerprint density at radius 1 is 1.52 bits per heavy atom. The highest BCUT2D eigenvalue weighted by Gasteiger charge is 2.40. The van der Waals surface area contributed by atoms with Crippen molar-refractivity contribution in [1.29, 1.82) is 5.26 Å². The predicted molar refractivity (Wildman–Crippen MR) is 77.9 cm³/mol. The number of pyridine rings is 1. The zero-order chi connectivity index (χ0) is 18.8. The smallest absolute Gasteiger partial charge is 0.434 e. The second kappa shape index (κ2) is 6.96. The molecule has 1 saturated heterocycles. The minimum atomic E-state index is -4.93. The topological polar surface area (TPSA) is 104 Å². The van der Waals surface area contributed by atoms with Gasteiger partial charge in [0.05, 0.1) is 23.7 Å². The largest absolute Gasteiger partial charge is 0.481 e. The third-order valence-corrected chi connectivity index (χ3v) is 3.72. The lowest BCUT2D eigenvalue weighted by molar-refractivity contribution is -0.142. The Balaban J connectivity index is 2.53. The number of nitrogens with zero attached hydrogens (tertiary/aromatic N) is 3. The molecule has 0 aliphatic carbocycles. The molecule has 0 saturated carbocycles. The van der Waals surface area contributed by atoms with Crippen LogP contribution in [-0.4, -0.2) is 41.7 Å². The average Bonchev–Trinajstić information content (AvgIpc) is 3.03. The number of nitriles is 1. The fourth-order valence-corrected chi connectivity index (χ4v) is 2.56. The van der Waals surface area contributed by atoms with Gasteiger partial charge < -0.3 is 14.7 Å². The van der Waals surface area contributed by atoms with Gasteiger partial charge in [-0.1, -0.05) is 0 Å². The summed E-state index contributed by atoms with van der Waals surface area (Å²) in [5.41, 5.74) is -2.55. The maximum Gasteiger partial charge on any atom is 0.434 e. The standard InChI is InChI=1S/C15H14F3N3O4/c1-2-25-14(24)10-5-9(6-19)12(20-11(10)15(16,17)18)21-4-3-8(7-21)13(22)23/h5,8H,2-4,7H2,1H3,(H,22,23). The van der Waals surface area contributed by atoms with E-state index in [4.69, 9.17) is 5.11 Å². The lowest BCUT2D eigenvalue weighted by atomic mass is 10.1. The SMILES string of the molecule is CCOC(=O)c1cc(C#N)c(N2CCC(C(=O)O)C2)nc1C(F)(F)F. The monoisotopic (exact) mass is 357 g/mol. The van der Waals surface area contributed by atoms with Crippen LogP contribution in [0.4, 0.5) is 19.0 Å². The molecule has 7 nitrogen and oxygen atoms in total. The summed E-state index contributed by atoms with van der Waals surface area (Å²) in [6, 6.07) is 2.49. The number of ether oxygens (including phenoxy) is 1. The van der Waals surface area contributed by atoms with Gasteiger partial charge in [-0.15, -0.1) is 0 Å². The van der Waals surface area contributed by atoms with Crippen LogP contribution < -0.4 is 4.90 Å². The summed E-state index contributed by atoms with van der Waals surface area (Å²) in [6.07, 6.45) is -4.71. The summed E-state index contributed by atoms with van der Waals surface area (Å²) < 4.78 is 44.5. The van der Waals surface area contributed by atoms with Crippen molar-refractivity contribution in [3.63, 3.8) is 0 Å². The number of hydrogen-bond acceptors (Lipinski definition) is 6. The highest BCUT2D eigenvalue weighted by atomic mass is 19.4. The number of carboxylic acid groups (broad SMARTS) is 1. The Morgan fingerprint density at radius 2 is 2.20 bits per heavy atom. The highest BCUT2D eigenvalue weighted by Crippen LogP contribution is 2.35. The van der Waals surface area contributed by atoms with E-state index in [2.05, 4.69) is 9.72 Å². The maximum absolute atomic E-state index is 13.3. The Hall–Kier alpha value is -2.83. The molecule has 1 aliphatic rings. The summed E-state index contributed by atoms with van der Waals surface area (Å²) in [5, 5.41) is 18.2. The Morgan fingerprint density at radius 3 is 2.68 bits per heavy atom. The number of carboxylic acids is 1. The number of aromatic nitrogens is 1. The Labute approximate surface area is 140 Å². The second-order valence-electron chi connectivity index (χ2n) is 5.36. The molecule has 2 heterocycles. The number of rotatable bonds is 4. The molecule has 1 aliphatic heterocycles. The molecule has 1 aromatic heterocycles. The average molecular weight is 357 g/mol. The number of hydrogen-bond donors (Lipinski definition) is 1. The van der Waals surface area contributed by atoms with E-state index >= 15 is 0 Å². The van der Waals surface area contributed by atoms with E-state index in [-0.39, 0.29) is 37.5 Å². The molecule has 1 aromatic rings. The van der Waals surface area contributed by atoms with Gasteiger partial charge in [0.25, 0.3) is 0 Å². The van der Waals surface area contributed by atoms with Crippen LogP contribution >= 0.6 is 0 Å². The van der Waals surface area contributed by atoms with Gasteiger partial charge in [-0.05, 0) is 19.4 Å². The van der Waals surface area contributed by atoms with E-state index in [1.807, 2.05) is 0 Å². The molecule has 0 spiro atoms. The molecule has 0 amide bonds. The molecule has 1 N–H and O–H groups in total. The fourth-order valence-electron chi connectivity index (χ4n) is 2.56. The van der Waals surface area contributed by atoms with Crippen LogP contribution in [0.2, 0.25) is 0 Å². The number of anilines is 1. The molecule has 1 fully saturated rings. The van der Waals surface area contributed by atoms with E-state index in [0.29, 0.717) is 0 Å². The Kier molecular flexibility index (Phi) is 5.15. The van der Waals surface area contributed by atoms with Crippen LogP contribution in [0.3, 0.4) is 0 Å². The van der Waals surface area contributed by atoms with E-state index < -0.39 is 35.3 Å². The summed E-state index contributed by atoms with van der Waals surface area (Å²) in [4.78, 5) is 27.6. The van der Waals surface area contributed by atoms with Gasteiger partial charge in [-0.2, -0.15) is 18.4 Å². The lowest BCUT2D eigenvalue weighted by Crippen LogP contribution is -2.27. The summed E-state index contributed by atoms with van der Waals surface area (Å²) in [6.45, 7) is 1.39. The molecule has 0 bridgehead atoms. The number of aliphatic carboxylic acids is 1. The first-order valence-electron chi connectivity index (χ1n) is 7.36. The third-order valence-electron chi connectivity index (χ3n) is 3.72. The molecule has 1 unspecified atom stereocenters. The lowest BCUT2D eigenvalue weighted by Gasteiger charge is -2.21. The van der Waals surface area contributed by atoms with Crippen molar-refractivity contribution in [2.45, 2.75) is 19.5 Å². The maximum atomic E-state index is 13.3. The summed E-state index contributed by atoms with van der Waals surface area (Å²) in [5.74, 6) is -3.34. The summed E-state index contributed by atoms with van der Waals surface area (Å²) >= 11 is 0. The molecule has 25 heavy (non-hydrogen) atoms. The first-order valence-corrected chi connectivity index (χ1v) is 7.36. The van der Waals surface area contributed by atoms with Crippen molar-refractivity contribution >= 4 is 17.8 Å². The van der Waals surface area contributed by atoms with Crippen molar-refractivity contribution in [3.05, 3.63) is 22.9 Å². The van der Waals surface area contributed by atoms with E-state index in [1.54, 1.807) is 6.07 Å². The highest BCUT2D eigenvalue weighted by molar-refractivity contribution is 5.92. The van der Waals surface area contributed by atoms with Gasteiger partial charge in [0.15, 0.2) is 5.69 Å². The Bertz CT molecular complexity index is 743. The minimum absolute atomic E-state index is 0.0624. The van der Waals surface area contributed by atoms with Crippen molar-refractivity contribution in [3.8, 4) is 6.07 Å². The van der Waals surface area contributed by atoms with E-state index in [9.17, 15) is 28.0 Å². The zero-order valence-electron chi connectivity index (χ0n) is 13.1. The molecule has 0 aromatic carbocycles. The van der Waals surface area contributed by atoms with Crippen LogP contribution in [0.1, 0.15) is 35.0 Å². The number of halogens is 3. The van der Waals surface area contributed by atoms with Crippen molar-refractivity contribution in [2.75, 3.05) is 24.6 Å². The van der Waals surface area contributed by atoms with Crippen LogP contribution in [0.15, 0.2) is 6.07 Å². The molecule has 1 atom stereocenters. The number of esters is 1. The first-order chi connectivity index (χ1) is 11.7. The van der Waals surface area contributed by atoms with Gasteiger partial charge in [0, 0.05) is 13.1 Å². The van der Waals surface area contributed by atoms with Crippen molar-refractivity contribution < 1.29 is 32.6 Å². The molecule has 134 valence electrons. The van der Waals surface area contributed by atoms with Crippen molar-refractivity contribution in [2.24, 2.45) is 5.92 Å².